The number of nitrogens with zero attached hydrogens (tertiary/aromatic N) is 1. The lowest BCUT2D eigenvalue weighted by Crippen LogP contribution is -3.00. The van der Waals surface area contributed by atoms with Crippen LogP contribution in [0.25, 0.3) is 0 Å². The summed E-state index contributed by atoms with van der Waals surface area (Å²) >= 11 is 0. The Kier molecular flexibility index (Phi) is 6.36. The van der Waals surface area contributed by atoms with Gasteiger partial charge in [-0.2, -0.15) is 4.57 Å². The van der Waals surface area contributed by atoms with Crippen molar-refractivity contribution in [2.75, 3.05) is 6.61 Å². The molecule has 0 saturated heterocycles. The number of ether oxygens (including phenoxy) is 1. The number of allylic oxidation sites excluding steroid dienone is 1. The second kappa shape index (κ2) is 7.78. The van der Waals surface area contributed by atoms with Crippen LogP contribution in [-0.2, 0) is 16.1 Å². The SMILES string of the molecule is CCOC(=O)C1=C(C[n+]2ccccc2)NC(=O)NC1C.[Br-]. The number of amides is 2. The first-order chi connectivity index (χ1) is 9.61. The maximum absolute atomic E-state index is 12.0. The highest BCUT2D eigenvalue weighted by molar-refractivity contribution is 5.94. The van der Waals surface area contributed by atoms with Crippen molar-refractivity contribution >= 4 is 12.0 Å². The van der Waals surface area contributed by atoms with Gasteiger partial charge in [-0.05, 0) is 13.8 Å². The van der Waals surface area contributed by atoms with Gasteiger partial charge in [-0.3, -0.25) is 0 Å². The van der Waals surface area contributed by atoms with Crippen LogP contribution in [0.2, 0.25) is 0 Å². The fourth-order valence-electron chi connectivity index (χ4n) is 2.13. The van der Waals surface area contributed by atoms with Gasteiger partial charge >= 0.3 is 12.0 Å². The van der Waals surface area contributed by atoms with Crippen molar-refractivity contribution in [1.29, 1.82) is 0 Å². The Bertz CT molecular complexity index is 546. The topological polar surface area (TPSA) is 71.3 Å². The van der Waals surface area contributed by atoms with Gasteiger partial charge in [-0.1, -0.05) is 6.07 Å². The Hall–Kier alpha value is -1.89. The molecule has 0 spiro atoms. The first-order valence-electron chi connectivity index (χ1n) is 6.53. The molecule has 2 rings (SSSR count). The molecule has 21 heavy (non-hydrogen) atoms. The van der Waals surface area contributed by atoms with Crippen LogP contribution >= 0.6 is 0 Å². The molecule has 1 unspecified atom stereocenters. The summed E-state index contributed by atoms with van der Waals surface area (Å²) in [6, 6.07) is 4.99. The van der Waals surface area contributed by atoms with E-state index in [0.717, 1.165) is 0 Å². The number of carbonyl (C=O) groups excluding carboxylic acids is 2. The molecule has 6 nitrogen and oxygen atoms in total. The van der Waals surface area contributed by atoms with Crippen LogP contribution in [-0.4, -0.2) is 24.6 Å². The average molecular weight is 356 g/mol. The van der Waals surface area contributed by atoms with Crippen molar-refractivity contribution in [2.45, 2.75) is 26.4 Å². The molecular weight excluding hydrogens is 338 g/mol. The van der Waals surface area contributed by atoms with Gasteiger partial charge in [-0.25, -0.2) is 9.59 Å². The molecule has 0 radical (unpaired) electrons. The Balaban J connectivity index is 0.00000220. The fraction of sp³-hybridized carbons (Fsp3) is 0.357. The van der Waals surface area contributed by atoms with Gasteiger partial charge in [0.1, 0.15) is 0 Å². The lowest BCUT2D eigenvalue weighted by Gasteiger charge is -2.25. The molecule has 114 valence electrons. The molecular formula is C14H18BrN3O3. The minimum absolute atomic E-state index is 0. The van der Waals surface area contributed by atoms with Crippen LogP contribution < -0.4 is 32.2 Å². The lowest BCUT2D eigenvalue weighted by molar-refractivity contribution is -0.689. The lowest BCUT2D eigenvalue weighted by atomic mass is 10.0. The molecule has 0 aliphatic carbocycles. The summed E-state index contributed by atoms with van der Waals surface area (Å²) in [6.45, 7) is 4.23. The third-order valence-corrected chi connectivity index (χ3v) is 2.98. The maximum Gasteiger partial charge on any atom is 0.338 e. The molecule has 1 aromatic heterocycles. The number of nitrogens with one attached hydrogen (secondary N) is 2. The van der Waals surface area contributed by atoms with Crippen LogP contribution in [0.1, 0.15) is 13.8 Å². The van der Waals surface area contributed by atoms with Gasteiger partial charge in [0.25, 0.3) is 0 Å². The Labute approximate surface area is 133 Å². The number of esters is 1. The zero-order valence-electron chi connectivity index (χ0n) is 11.9. The van der Waals surface area contributed by atoms with E-state index in [4.69, 9.17) is 4.74 Å². The predicted molar refractivity (Wildman–Crippen MR) is 71.4 cm³/mol. The molecule has 2 heterocycles. The van der Waals surface area contributed by atoms with E-state index in [-0.39, 0.29) is 29.1 Å². The highest BCUT2D eigenvalue weighted by Crippen LogP contribution is 2.14. The molecule has 1 aliphatic rings. The zero-order valence-corrected chi connectivity index (χ0v) is 13.5. The van der Waals surface area contributed by atoms with Crippen molar-refractivity contribution in [2.24, 2.45) is 0 Å². The molecule has 0 saturated carbocycles. The van der Waals surface area contributed by atoms with Crippen LogP contribution in [0, 0.1) is 0 Å². The molecule has 1 aromatic rings. The molecule has 1 aliphatic heterocycles. The molecule has 1 atom stereocenters. The second-order valence-corrected chi connectivity index (χ2v) is 4.48. The quantitative estimate of drug-likeness (QED) is 0.463. The van der Waals surface area contributed by atoms with E-state index in [1.807, 2.05) is 35.2 Å². The van der Waals surface area contributed by atoms with Gasteiger partial charge in [-0.15, -0.1) is 0 Å². The summed E-state index contributed by atoms with van der Waals surface area (Å²) in [7, 11) is 0. The molecule has 0 bridgehead atoms. The van der Waals surface area contributed by atoms with Crippen LogP contribution in [0.5, 0.6) is 0 Å². The van der Waals surface area contributed by atoms with Crippen molar-refractivity contribution in [3.63, 3.8) is 0 Å². The maximum atomic E-state index is 12.0. The first-order valence-corrected chi connectivity index (χ1v) is 6.53. The van der Waals surface area contributed by atoms with E-state index in [2.05, 4.69) is 10.6 Å². The zero-order chi connectivity index (χ0) is 14.5. The van der Waals surface area contributed by atoms with E-state index in [0.29, 0.717) is 24.4 Å². The second-order valence-electron chi connectivity index (χ2n) is 4.48. The fourth-order valence-corrected chi connectivity index (χ4v) is 2.13. The summed E-state index contributed by atoms with van der Waals surface area (Å²) in [5.41, 5.74) is 1.03. The van der Waals surface area contributed by atoms with E-state index in [1.165, 1.54) is 0 Å². The summed E-state index contributed by atoms with van der Waals surface area (Å²) in [5, 5.41) is 5.36. The van der Waals surface area contributed by atoms with Crippen LogP contribution in [0.15, 0.2) is 41.9 Å². The summed E-state index contributed by atoms with van der Waals surface area (Å²) in [6.07, 6.45) is 3.74. The summed E-state index contributed by atoms with van der Waals surface area (Å²) < 4.78 is 6.94. The molecule has 0 fully saturated rings. The largest absolute Gasteiger partial charge is 1.00 e. The Morgan fingerprint density at radius 2 is 2.00 bits per heavy atom. The van der Waals surface area contributed by atoms with Crippen molar-refractivity contribution in [1.82, 2.24) is 10.6 Å². The number of hydrogen-bond donors (Lipinski definition) is 2. The number of hydrogen-bond acceptors (Lipinski definition) is 3. The number of carbonyl (C=O) groups is 2. The highest BCUT2D eigenvalue weighted by Gasteiger charge is 2.31. The number of rotatable bonds is 4. The van der Waals surface area contributed by atoms with Crippen LogP contribution in [0.4, 0.5) is 4.79 Å². The number of aromatic nitrogens is 1. The Morgan fingerprint density at radius 3 is 2.62 bits per heavy atom. The predicted octanol–water partition coefficient (Wildman–Crippen LogP) is -2.50. The van der Waals surface area contributed by atoms with Gasteiger partial charge in [0.2, 0.25) is 0 Å². The molecule has 2 amide bonds. The van der Waals surface area contributed by atoms with Gasteiger partial charge < -0.3 is 32.4 Å². The van der Waals surface area contributed by atoms with Crippen molar-refractivity contribution in [3.8, 4) is 0 Å². The third kappa shape index (κ3) is 4.29. The third-order valence-electron chi connectivity index (χ3n) is 2.98. The van der Waals surface area contributed by atoms with Crippen molar-refractivity contribution < 1.29 is 35.9 Å². The first kappa shape index (κ1) is 17.2. The van der Waals surface area contributed by atoms with E-state index in [9.17, 15) is 9.59 Å². The normalized spacial score (nSPS) is 17.4. The van der Waals surface area contributed by atoms with Crippen molar-refractivity contribution in [3.05, 3.63) is 41.9 Å². The highest BCUT2D eigenvalue weighted by atomic mass is 79.9. The average Bonchev–Trinajstić information content (AvgIpc) is 2.39. The standard InChI is InChI=1S/C14H17N3O3.BrH/c1-3-20-13(18)12-10(2)15-14(19)16-11(12)9-17-7-5-4-6-8-17;/h4-8,10H,3,9H2,1-2H3,(H-,15,16,18,19);1H. The monoisotopic (exact) mass is 355 g/mol. The minimum Gasteiger partial charge on any atom is -1.00 e. The number of pyridine rings is 1. The molecule has 2 N–H and O–H groups in total. The van der Waals surface area contributed by atoms with Crippen LogP contribution in [0.3, 0.4) is 0 Å². The van der Waals surface area contributed by atoms with Gasteiger partial charge in [0, 0.05) is 12.1 Å². The molecule has 0 aromatic carbocycles. The Morgan fingerprint density at radius 1 is 1.33 bits per heavy atom. The van der Waals surface area contributed by atoms with E-state index < -0.39 is 5.97 Å². The number of urea groups is 1. The van der Waals surface area contributed by atoms with E-state index in [1.54, 1.807) is 13.8 Å². The van der Waals surface area contributed by atoms with E-state index >= 15 is 0 Å². The number of halogens is 1. The summed E-state index contributed by atoms with van der Waals surface area (Å²) in [4.78, 5) is 23.6. The van der Waals surface area contributed by atoms with Gasteiger partial charge in [0.05, 0.1) is 23.9 Å². The van der Waals surface area contributed by atoms with Gasteiger partial charge in [0.15, 0.2) is 18.9 Å². The summed E-state index contributed by atoms with van der Waals surface area (Å²) in [5.74, 6) is -0.404. The smallest absolute Gasteiger partial charge is 0.338 e. The minimum atomic E-state index is -0.404. The molecule has 7 heteroatoms.